The molecule has 0 aromatic carbocycles. The van der Waals surface area contributed by atoms with Crippen molar-refractivity contribution in [2.75, 3.05) is 32.7 Å². The number of piperazine rings is 1. The van der Waals surface area contributed by atoms with Gasteiger partial charge in [-0.1, -0.05) is 6.92 Å². The Bertz CT molecular complexity index is 271. The van der Waals surface area contributed by atoms with E-state index in [4.69, 9.17) is 5.26 Å². The van der Waals surface area contributed by atoms with Crippen LogP contribution in [0.25, 0.3) is 0 Å². The average molecular weight is 207 g/mol. The molecule has 1 aliphatic heterocycles. The first-order valence-electron chi connectivity index (χ1n) is 5.28. The van der Waals surface area contributed by atoms with Gasteiger partial charge in [-0.25, -0.2) is 0 Å². The van der Waals surface area contributed by atoms with Crippen LogP contribution in [0.4, 0.5) is 0 Å². The van der Waals surface area contributed by atoms with Crippen molar-refractivity contribution in [1.29, 1.82) is 10.5 Å². The van der Waals surface area contributed by atoms with Crippen LogP contribution >= 0.6 is 0 Å². The van der Waals surface area contributed by atoms with Crippen LogP contribution in [0.15, 0.2) is 0 Å². The molecule has 0 aromatic rings. The summed E-state index contributed by atoms with van der Waals surface area (Å²) in [6.45, 7) is 6.01. The van der Waals surface area contributed by atoms with Crippen LogP contribution in [-0.4, -0.2) is 43.3 Å². The maximum absolute atomic E-state index is 9.27. The van der Waals surface area contributed by atoms with Gasteiger partial charge in [-0.05, 0) is 6.54 Å². The number of nitrogens with one attached hydrogen (secondary N) is 2. The minimum Gasteiger partial charge on any atom is -0.314 e. The SMILES string of the molecule is CCNC(C#N)(CC#N)N1CCNCC1. The Morgan fingerprint density at radius 2 is 2.07 bits per heavy atom. The molecule has 0 spiro atoms. The first-order chi connectivity index (χ1) is 7.29. The van der Waals surface area contributed by atoms with Crippen molar-refractivity contribution < 1.29 is 0 Å². The molecule has 0 aromatic heterocycles. The summed E-state index contributed by atoms with van der Waals surface area (Å²) in [4.78, 5) is 2.05. The van der Waals surface area contributed by atoms with Crippen LogP contribution in [0, 0.1) is 22.7 Å². The second-order valence-corrected chi connectivity index (χ2v) is 3.57. The number of hydrogen-bond acceptors (Lipinski definition) is 5. The van der Waals surface area contributed by atoms with Gasteiger partial charge in [-0.2, -0.15) is 10.5 Å². The lowest BCUT2D eigenvalue weighted by Crippen LogP contribution is -2.62. The lowest BCUT2D eigenvalue weighted by atomic mass is 10.1. The van der Waals surface area contributed by atoms with E-state index < -0.39 is 5.66 Å². The fraction of sp³-hybridized carbons (Fsp3) is 0.800. The third-order valence-electron chi connectivity index (χ3n) is 2.65. The highest BCUT2D eigenvalue weighted by Gasteiger charge is 2.36. The van der Waals surface area contributed by atoms with Gasteiger partial charge in [0.15, 0.2) is 5.66 Å². The van der Waals surface area contributed by atoms with Crippen molar-refractivity contribution >= 4 is 0 Å². The maximum atomic E-state index is 9.27. The molecular weight excluding hydrogens is 190 g/mol. The first kappa shape index (κ1) is 11.9. The maximum Gasteiger partial charge on any atom is 0.174 e. The molecule has 0 aliphatic carbocycles. The number of nitrogens with zero attached hydrogens (tertiary/aromatic N) is 3. The summed E-state index contributed by atoms with van der Waals surface area (Å²) in [6, 6.07) is 4.35. The largest absolute Gasteiger partial charge is 0.314 e. The van der Waals surface area contributed by atoms with E-state index in [1.54, 1.807) is 0 Å². The summed E-state index contributed by atoms with van der Waals surface area (Å²) in [5, 5.41) is 24.4. The molecule has 5 heteroatoms. The monoisotopic (exact) mass is 207 g/mol. The Morgan fingerprint density at radius 1 is 1.40 bits per heavy atom. The van der Waals surface area contributed by atoms with Crippen LogP contribution in [0.2, 0.25) is 0 Å². The van der Waals surface area contributed by atoms with Crippen molar-refractivity contribution in [2.45, 2.75) is 19.0 Å². The molecule has 1 aliphatic rings. The average Bonchev–Trinajstić information content (AvgIpc) is 2.30. The highest BCUT2D eigenvalue weighted by atomic mass is 15.3. The van der Waals surface area contributed by atoms with Crippen molar-refractivity contribution in [1.82, 2.24) is 15.5 Å². The fourth-order valence-corrected chi connectivity index (χ4v) is 1.89. The zero-order valence-electron chi connectivity index (χ0n) is 9.08. The van der Waals surface area contributed by atoms with E-state index in [-0.39, 0.29) is 6.42 Å². The van der Waals surface area contributed by atoms with Gasteiger partial charge >= 0.3 is 0 Å². The molecule has 0 bridgehead atoms. The minimum atomic E-state index is -0.800. The summed E-state index contributed by atoms with van der Waals surface area (Å²) in [7, 11) is 0. The Hall–Kier alpha value is -1.14. The lowest BCUT2D eigenvalue weighted by Gasteiger charge is -2.40. The third-order valence-corrected chi connectivity index (χ3v) is 2.65. The summed E-state index contributed by atoms with van der Waals surface area (Å²) in [5.41, 5.74) is -0.800. The molecule has 15 heavy (non-hydrogen) atoms. The minimum absolute atomic E-state index is 0.206. The third kappa shape index (κ3) is 2.66. The first-order valence-corrected chi connectivity index (χ1v) is 5.28. The highest BCUT2D eigenvalue weighted by molar-refractivity contribution is 5.11. The van der Waals surface area contributed by atoms with Crippen molar-refractivity contribution in [3.63, 3.8) is 0 Å². The molecule has 2 N–H and O–H groups in total. The quantitative estimate of drug-likeness (QED) is 0.658. The van der Waals surface area contributed by atoms with Gasteiger partial charge in [-0.15, -0.1) is 0 Å². The molecule has 1 heterocycles. The molecule has 5 nitrogen and oxygen atoms in total. The second kappa shape index (κ2) is 5.67. The van der Waals surface area contributed by atoms with E-state index in [0.29, 0.717) is 6.54 Å². The lowest BCUT2D eigenvalue weighted by molar-refractivity contribution is 0.0937. The van der Waals surface area contributed by atoms with Gasteiger partial charge in [0.25, 0.3) is 0 Å². The second-order valence-electron chi connectivity index (χ2n) is 3.57. The van der Waals surface area contributed by atoms with E-state index in [2.05, 4.69) is 27.7 Å². The van der Waals surface area contributed by atoms with Gasteiger partial charge in [0.1, 0.15) is 6.07 Å². The number of nitriles is 2. The van der Waals surface area contributed by atoms with E-state index in [1.807, 2.05) is 6.92 Å². The predicted octanol–water partition coefficient (Wildman–Crippen LogP) is -0.365. The molecule has 1 unspecified atom stereocenters. The molecule has 0 amide bonds. The zero-order chi connectivity index (χ0) is 11.1. The van der Waals surface area contributed by atoms with Gasteiger partial charge < -0.3 is 5.32 Å². The van der Waals surface area contributed by atoms with Crippen LogP contribution < -0.4 is 10.6 Å². The Morgan fingerprint density at radius 3 is 2.53 bits per heavy atom. The Kier molecular flexibility index (Phi) is 4.51. The summed E-state index contributed by atoms with van der Waals surface area (Å²) in [5.74, 6) is 0. The van der Waals surface area contributed by atoms with Gasteiger partial charge in [0.2, 0.25) is 0 Å². The van der Waals surface area contributed by atoms with E-state index in [1.165, 1.54) is 0 Å². The Balaban J connectivity index is 2.77. The van der Waals surface area contributed by atoms with Crippen LogP contribution in [0.3, 0.4) is 0 Å². The van der Waals surface area contributed by atoms with E-state index >= 15 is 0 Å². The summed E-state index contributed by atoms with van der Waals surface area (Å²) in [6.07, 6.45) is 0.206. The molecule has 82 valence electrons. The summed E-state index contributed by atoms with van der Waals surface area (Å²) >= 11 is 0. The van der Waals surface area contributed by atoms with Gasteiger partial charge in [-0.3, -0.25) is 10.2 Å². The van der Waals surface area contributed by atoms with Crippen molar-refractivity contribution in [2.24, 2.45) is 0 Å². The number of rotatable bonds is 4. The smallest absolute Gasteiger partial charge is 0.174 e. The van der Waals surface area contributed by atoms with Crippen molar-refractivity contribution in [3.8, 4) is 12.1 Å². The zero-order valence-corrected chi connectivity index (χ0v) is 9.08. The van der Waals surface area contributed by atoms with E-state index in [9.17, 15) is 5.26 Å². The predicted molar refractivity (Wildman–Crippen MR) is 56.7 cm³/mol. The molecule has 1 atom stereocenters. The molecular formula is C10H17N5. The molecule has 1 saturated heterocycles. The molecule has 1 fully saturated rings. The standard InChI is InChI=1S/C10H17N5/c1-2-14-10(9-12,3-4-11)15-7-5-13-6-8-15/h13-14H,2-3,5-8H2,1H3. The molecule has 0 radical (unpaired) electrons. The topological polar surface area (TPSA) is 74.9 Å². The molecule has 0 saturated carbocycles. The van der Waals surface area contributed by atoms with Crippen molar-refractivity contribution in [3.05, 3.63) is 0 Å². The van der Waals surface area contributed by atoms with Crippen LogP contribution in [0.1, 0.15) is 13.3 Å². The fourth-order valence-electron chi connectivity index (χ4n) is 1.89. The van der Waals surface area contributed by atoms with E-state index in [0.717, 1.165) is 26.2 Å². The number of hydrogen-bond donors (Lipinski definition) is 2. The normalized spacial score (nSPS) is 21.3. The molecule has 1 rings (SSSR count). The van der Waals surface area contributed by atoms with Gasteiger partial charge in [0.05, 0.1) is 12.5 Å². The highest BCUT2D eigenvalue weighted by Crippen LogP contribution is 2.16. The van der Waals surface area contributed by atoms with Crippen LogP contribution in [-0.2, 0) is 0 Å². The van der Waals surface area contributed by atoms with Crippen LogP contribution in [0.5, 0.6) is 0 Å². The summed E-state index contributed by atoms with van der Waals surface area (Å²) < 4.78 is 0. The van der Waals surface area contributed by atoms with Gasteiger partial charge in [0, 0.05) is 26.2 Å². The Labute approximate surface area is 90.7 Å².